The van der Waals surface area contributed by atoms with Crippen LogP contribution in [0.1, 0.15) is 93.0 Å². The van der Waals surface area contributed by atoms with E-state index in [1.807, 2.05) is 0 Å². The highest BCUT2D eigenvalue weighted by Crippen LogP contribution is 2.27. The van der Waals surface area contributed by atoms with E-state index in [9.17, 15) is 27.6 Å². The van der Waals surface area contributed by atoms with Crippen molar-refractivity contribution in [2.24, 2.45) is 11.3 Å². The molecule has 220 valence electrons. The number of ether oxygens (including phenoxy) is 1. The van der Waals surface area contributed by atoms with E-state index in [1.165, 1.54) is 69.4 Å². The molecule has 0 aliphatic heterocycles. The largest absolute Gasteiger partial charge is 0.483 e. The summed E-state index contributed by atoms with van der Waals surface area (Å²) < 4.78 is 42.0. The van der Waals surface area contributed by atoms with Crippen LogP contribution in [0, 0.1) is 11.3 Å². The maximum absolute atomic E-state index is 12.8. The Hall–Kier alpha value is -3.07. The van der Waals surface area contributed by atoms with Gasteiger partial charge in [-0.1, -0.05) is 77.5 Å². The van der Waals surface area contributed by atoms with E-state index in [1.54, 1.807) is 26.8 Å². The summed E-state index contributed by atoms with van der Waals surface area (Å²) in [5.41, 5.74) is 0.258. The molecule has 40 heavy (non-hydrogen) atoms. The standard InChI is InChI=1S/C23H24ClF3N2O4.C7H14/c1-13(30)16-10-15(6-8-19(16)33-12-23(25,26)27)29-20(31)17-9-14(5-7-18(17)24)11-28-21(32)22(2,3)4;1-7-5-3-2-4-6-7/h5-10H,11-12H2,1-4H3,(H,28,32)(H,29,31);7H,2-6H2,1H3. The van der Waals surface area contributed by atoms with Crippen molar-refractivity contribution in [3.63, 3.8) is 0 Å². The summed E-state index contributed by atoms with van der Waals surface area (Å²) in [6.07, 6.45) is 2.88. The lowest BCUT2D eigenvalue weighted by molar-refractivity contribution is -0.153. The first kappa shape index (κ1) is 33.1. The lowest BCUT2D eigenvalue weighted by atomic mass is 9.91. The molecule has 1 saturated carbocycles. The van der Waals surface area contributed by atoms with Gasteiger partial charge in [0.05, 0.1) is 16.1 Å². The summed E-state index contributed by atoms with van der Waals surface area (Å²) in [4.78, 5) is 36.7. The summed E-state index contributed by atoms with van der Waals surface area (Å²) in [7, 11) is 0. The monoisotopic (exact) mass is 582 g/mol. The third-order valence-corrected chi connectivity index (χ3v) is 6.64. The van der Waals surface area contributed by atoms with Crippen molar-refractivity contribution < 1.29 is 32.3 Å². The molecule has 1 fully saturated rings. The van der Waals surface area contributed by atoms with Crippen LogP contribution in [-0.4, -0.2) is 30.4 Å². The Kier molecular flexibility index (Phi) is 12.0. The highest BCUT2D eigenvalue weighted by atomic mass is 35.5. The molecule has 0 aromatic heterocycles. The molecule has 10 heteroatoms. The van der Waals surface area contributed by atoms with Gasteiger partial charge in [0, 0.05) is 17.6 Å². The topological polar surface area (TPSA) is 84.5 Å². The van der Waals surface area contributed by atoms with Crippen molar-refractivity contribution in [2.75, 3.05) is 11.9 Å². The number of anilines is 1. The Morgan fingerprint density at radius 3 is 2.15 bits per heavy atom. The first-order valence-electron chi connectivity index (χ1n) is 13.3. The molecule has 6 nitrogen and oxygen atoms in total. The molecule has 0 bridgehead atoms. The highest BCUT2D eigenvalue weighted by molar-refractivity contribution is 6.34. The molecule has 2 N–H and O–H groups in total. The quantitative estimate of drug-likeness (QED) is 0.324. The Morgan fingerprint density at radius 1 is 0.975 bits per heavy atom. The van der Waals surface area contributed by atoms with Crippen LogP contribution in [0.4, 0.5) is 18.9 Å². The average Bonchev–Trinajstić information content (AvgIpc) is 2.86. The molecule has 0 radical (unpaired) electrons. The van der Waals surface area contributed by atoms with Crippen molar-refractivity contribution in [1.29, 1.82) is 0 Å². The Bertz CT molecular complexity index is 1190. The zero-order chi connectivity index (χ0) is 30.1. The fourth-order valence-electron chi connectivity index (χ4n) is 3.98. The van der Waals surface area contributed by atoms with E-state index in [0.29, 0.717) is 5.56 Å². The van der Waals surface area contributed by atoms with Crippen LogP contribution < -0.4 is 15.4 Å². The van der Waals surface area contributed by atoms with Gasteiger partial charge in [-0.05, 0) is 48.7 Å². The molecule has 1 aliphatic carbocycles. The number of carbonyl (C=O) groups is 3. The molecular formula is C30H38ClF3N2O4. The van der Waals surface area contributed by atoms with Crippen LogP contribution in [0.25, 0.3) is 0 Å². The van der Waals surface area contributed by atoms with E-state index in [4.69, 9.17) is 16.3 Å². The molecule has 3 rings (SSSR count). The van der Waals surface area contributed by atoms with Gasteiger partial charge in [0.1, 0.15) is 5.75 Å². The summed E-state index contributed by atoms with van der Waals surface area (Å²) in [5, 5.41) is 5.51. The molecular weight excluding hydrogens is 545 g/mol. The van der Waals surface area contributed by atoms with Gasteiger partial charge in [-0.15, -0.1) is 0 Å². The third kappa shape index (κ3) is 11.2. The zero-order valence-electron chi connectivity index (χ0n) is 23.6. The number of halogens is 4. The number of benzene rings is 2. The maximum atomic E-state index is 12.8. The average molecular weight is 583 g/mol. The lowest BCUT2D eigenvalue weighted by Crippen LogP contribution is -2.34. The number of rotatable bonds is 7. The maximum Gasteiger partial charge on any atom is 0.422 e. The summed E-state index contributed by atoms with van der Waals surface area (Å²) in [6, 6.07) is 8.43. The number of ketones is 1. The van der Waals surface area contributed by atoms with Crippen molar-refractivity contribution in [3.8, 4) is 5.75 Å². The molecule has 0 spiro atoms. The third-order valence-electron chi connectivity index (χ3n) is 6.31. The van der Waals surface area contributed by atoms with E-state index >= 15 is 0 Å². The number of nitrogens with one attached hydrogen (secondary N) is 2. The van der Waals surface area contributed by atoms with Crippen molar-refractivity contribution in [3.05, 3.63) is 58.1 Å². The van der Waals surface area contributed by atoms with Gasteiger partial charge in [0.15, 0.2) is 12.4 Å². The molecule has 0 saturated heterocycles. The van der Waals surface area contributed by atoms with Crippen LogP contribution in [0.15, 0.2) is 36.4 Å². The van der Waals surface area contributed by atoms with Gasteiger partial charge in [0.25, 0.3) is 5.91 Å². The van der Waals surface area contributed by atoms with E-state index in [-0.39, 0.29) is 40.0 Å². The fourth-order valence-corrected chi connectivity index (χ4v) is 4.18. The van der Waals surface area contributed by atoms with Gasteiger partial charge >= 0.3 is 6.18 Å². The van der Waals surface area contributed by atoms with E-state index in [2.05, 4.69) is 17.6 Å². The lowest BCUT2D eigenvalue weighted by Gasteiger charge is -2.18. The summed E-state index contributed by atoms with van der Waals surface area (Å²) in [5.74, 6) is -0.491. The first-order chi connectivity index (χ1) is 18.6. The Morgan fingerprint density at radius 2 is 1.62 bits per heavy atom. The number of hydrogen-bond acceptors (Lipinski definition) is 4. The van der Waals surface area contributed by atoms with Crippen LogP contribution in [0.3, 0.4) is 0 Å². The van der Waals surface area contributed by atoms with Gasteiger partial charge in [-0.25, -0.2) is 0 Å². The molecule has 0 atom stereocenters. The van der Waals surface area contributed by atoms with Gasteiger partial charge in [0.2, 0.25) is 5.91 Å². The molecule has 2 amide bonds. The Balaban J connectivity index is 0.000000693. The van der Waals surface area contributed by atoms with Crippen LogP contribution in [-0.2, 0) is 11.3 Å². The van der Waals surface area contributed by atoms with Crippen molar-refractivity contribution >= 4 is 34.9 Å². The minimum atomic E-state index is -4.56. The van der Waals surface area contributed by atoms with Gasteiger partial charge < -0.3 is 15.4 Å². The first-order valence-corrected chi connectivity index (χ1v) is 13.7. The van der Waals surface area contributed by atoms with Crippen LogP contribution >= 0.6 is 11.6 Å². The molecule has 0 heterocycles. The fraction of sp³-hybridized carbons (Fsp3) is 0.500. The molecule has 0 unspecified atom stereocenters. The van der Waals surface area contributed by atoms with Crippen LogP contribution in [0.5, 0.6) is 5.75 Å². The summed E-state index contributed by atoms with van der Waals surface area (Å²) >= 11 is 6.15. The number of alkyl halides is 3. The minimum absolute atomic E-state index is 0.109. The predicted molar refractivity (Wildman–Crippen MR) is 151 cm³/mol. The van der Waals surface area contributed by atoms with Gasteiger partial charge in [-0.2, -0.15) is 13.2 Å². The minimum Gasteiger partial charge on any atom is -0.483 e. The second-order valence-corrected chi connectivity index (χ2v) is 11.5. The second kappa shape index (κ2) is 14.5. The van der Waals surface area contributed by atoms with Gasteiger partial charge in [-0.3, -0.25) is 14.4 Å². The number of hydrogen-bond donors (Lipinski definition) is 2. The highest BCUT2D eigenvalue weighted by Gasteiger charge is 2.29. The molecule has 1 aliphatic rings. The number of carbonyl (C=O) groups excluding carboxylic acids is 3. The number of Topliss-reactive ketones (excluding diaryl/α,β-unsaturated/α-hetero) is 1. The second-order valence-electron chi connectivity index (χ2n) is 11.1. The summed E-state index contributed by atoms with van der Waals surface area (Å²) in [6.45, 7) is 7.50. The van der Waals surface area contributed by atoms with E-state index < -0.39 is 29.9 Å². The SMILES string of the molecule is CC(=O)c1cc(NC(=O)c2cc(CNC(=O)C(C)(C)C)ccc2Cl)ccc1OCC(F)(F)F.CC1CCCCC1. The van der Waals surface area contributed by atoms with Crippen molar-refractivity contribution in [2.45, 2.75) is 79.4 Å². The molecule has 2 aromatic rings. The normalized spacial score (nSPS) is 14.0. The number of amides is 2. The van der Waals surface area contributed by atoms with Crippen molar-refractivity contribution in [1.82, 2.24) is 5.32 Å². The Labute approximate surface area is 239 Å². The molecule has 2 aromatic carbocycles. The zero-order valence-corrected chi connectivity index (χ0v) is 24.4. The van der Waals surface area contributed by atoms with Crippen LogP contribution in [0.2, 0.25) is 5.02 Å². The smallest absolute Gasteiger partial charge is 0.422 e. The predicted octanol–water partition coefficient (Wildman–Crippen LogP) is 7.98. The van der Waals surface area contributed by atoms with E-state index in [0.717, 1.165) is 5.92 Å².